The molecule has 0 aromatic heterocycles. The molecule has 0 atom stereocenters. The summed E-state index contributed by atoms with van der Waals surface area (Å²) in [6.45, 7) is 4.36. The number of carbonyl (C=O) groups excluding carboxylic acids is 1. The largest absolute Gasteiger partial charge is 0.507 e. The molecule has 0 aliphatic heterocycles. The summed E-state index contributed by atoms with van der Waals surface area (Å²) in [5, 5.41) is 16.9. The van der Waals surface area contributed by atoms with Crippen molar-refractivity contribution >= 4 is 5.97 Å². The number of hydrogen-bond acceptors (Lipinski definition) is 4. The molecular weight excluding hydrogens is 220 g/mol. The Morgan fingerprint density at radius 2 is 1.88 bits per heavy atom. The molecular formula is C13H20O4. The molecule has 0 saturated carbocycles. The molecule has 0 spiro atoms. The Morgan fingerprint density at radius 1 is 1.29 bits per heavy atom. The second kappa shape index (κ2) is 9.66. The normalized spacial score (nSPS) is 9.12. The van der Waals surface area contributed by atoms with Crippen LogP contribution in [-0.2, 0) is 4.74 Å². The molecule has 17 heavy (non-hydrogen) atoms. The van der Waals surface area contributed by atoms with E-state index < -0.39 is 5.97 Å². The molecule has 0 aliphatic carbocycles. The molecule has 0 fully saturated rings. The number of hydrogen-bond donors (Lipinski definition) is 2. The van der Waals surface area contributed by atoms with Crippen LogP contribution in [0.1, 0.15) is 37.0 Å². The van der Waals surface area contributed by atoms with Crippen LogP contribution in [0.15, 0.2) is 24.3 Å². The fraction of sp³-hybridized carbons (Fsp3) is 0.462. The molecule has 2 N–H and O–H groups in total. The van der Waals surface area contributed by atoms with E-state index in [0.29, 0.717) is 6.61 Å². The maximum Gasteiger partial charge on any atom is 0.341 e. The standard InChI is InChI=1S/C11H14O3.C2H6O/c1-2-3-8-14-11(13)9-6-4-5-7-10(9)12;1-2-3/h4-7,12H,2-3,8H2,1H3;3H,2H2,1H3. The number of aliphatic hydroxyl groups excluding tert-OH is 1. The van der Waals surface area contributed by atoms with Crippen molar-refractivity contribution in [1.29, 1.82) is 0 Å². The minimum absolute atomic E-state index is 0.0333. The van der Waals surface area contributed by atoms with E-state index in [1.165, 1.54) is 6.07 Å². The topological polar surface area (TPSA) is 66.8 Å². The lowest BCUT2D eigenvalue weighted by Gasteiger charge is -2.04. The van der Waals surface area contributed by atoms with Crippen molar-refractivity contribution in [2.45, 2.75) is 26.7 Å². The van der Waals surface area contributed by atoms with Crippen LogP contribution in [-0.4, -0.2) is 29.4 Å². The molecule has 0 bridgehead atoms. The molecule has 1 rings (SSSR count). The summed E-state index contributed by atoms with van der Waals surface area (Å²) in [7, 11) is 0. The summed E-state index contributed by atoms with van der Waals surface area (Å²) >= 11 is 0. The maximum atomic E-state index is 11.4. The summed E-state index contributed by atoms with van der Waals surface area (Å²) in [4.78, 5) is 11.4. The van der Waals surface area contributed by atoms with Gasteiger partial charge in [-0.1, -0.05) is 25.5 Å². The number of esters is 1. The van der Waals surface area contributed by atoms with E-state index >= 15 is 0 Å². The molecule has 0 radical (unpaired) electrons. The number of aliphatic hydroxyl groups is 1. The van der Waals surface area contributed by atoms with Crippen molar-refractivity contribution < 1.29 is 19.7 Å². The molecule has 1 aromatic rings. The summed E-state index contributed by atoms with van der Waals surface area (Å²) < 4.78 is 4.95. The smallest absolute Gasteiger partial charge is 0.341 e. The zero-order valence-corrected chi connectivity index (χ0v) is 10.3. The quantitative estimate of drug-likeness (QED) is 0.626. The van der Waals surface area contributed by atoms with E-state index in [0.717, 1.165) is 12.8 Å². The van der Waals surface area contributed by atoms with Gasteiger partial charge in [0.25, 0.3) is 0 Å². The minimum atomic E-state index is -0.462. The van der Waals surface area contributed by atoms with E-state index in [9.17, 15) is 9.90 Å². The van der Waals surface area contributed by atoms with Gasteiger partial charge >= 0.3 is 5.97 Å². The Hall–Kier alpha value is -1.55. The lowest BCUT2D eigenvalue weighted by molar-refractivity contribution is 0.0496. The minimum Gasteiger partial charge on any atom is -0.507 e. The number of rotatable bonds is 4. The predicted octanol–water partition coefficient (Wildman–Crippen LogP) is 2.35. The molecule has 0 aliphatic rings. The number of phenols is 1. The highest BCUT2D eigenvalue weighted by Gasteiger charge is 2.10. The third-order valence-electron chi connectivity index (χ3n) is 1.86. The third-order valence-corrected chi connectivity index (χ3v) is 1.86. The fourth-order valence-corrected chi connectivity index (χ4v) is 1.03. The fourth-order valence-electron chi connectivity index (χ4n) is 1.03. The maximum absolute atomic E-state index is 11.4. The molecule has 96 valence electrons. The van der Waals surface area contributed by atoms with Gasteiger partial charge in [0.15, 0.2) is 0 Å². The summed E-state index contributed by atoms with van der Waals surface area (Å²) in [6.07, 6.45) is 1.83. The van der Waals surface area contributed by atoms with Crippen molar-refractivity contribution in [1.82, 2.24) is 0 Å². The Kier molecular flexibility index (Phi) is 8.78. The van der Waals surface area contributed by atoms with Crippen LogP contribution >= 0.6 is 0 Å². The van der Waals surface area contributed by atoms with Crippen LogP contribution in [0.25, 0.3) is 0 Å². The van der Waals surface area contributed by atoms with Crippen molar-refractivity contribution in [3.05, 3.63) is 29.8 Å². The van der Waals surface area contributed by atoms with Crippen LogP contribution in [0, 0.1) is 0 Å². The molecule has 0 amide bonds. The Labute approximate surface area is 102 Å². The summed E-state index contributed by atoms with van der Waals surface area (Å²) in [6, 6.07) is 6.37. The number of ether oxygens (including phenoxy) is 1. The molecule has 4 nitrogen and oxygen atoms in total. The van der Waals surface area contributed by atoms with Gasteiger partial charge in [-0.05, 0) is 25.5 Å². The molecule has 1 aromatic carbocycles. The average molecular weight is 240 g/mol. The first-order valence-corrected chi connectivity index (χ1v) is 5.73. The van der Waals surface area contributed by atoms with Crippen molar-refractivity contribution in [3.63, 3.8) is 0 Å². The lowest BCUT2D eigenvalue weighted by atomic mass is 10.2. The van der Waals surface area contributed by atoms with Crippen molar-refractivity contribution in [3.8, 4) is 5.75 Å². The monoisotopic (exact) mass is 240 g/mol. The van der Waals surface area contributed by atoms with E-state index in [1.807, 2.05) is 6.92 Å². The zero-order valence-electron chi connectivity index (χ0n) is 10.3. The van der Waals surface area contributed by atoms with Crippen LogP contribution in [0.3, 0.4) is 0 Å². The third kappa shape index (κ3) is 6.58. The van der Waals surface area contributed by atoms with Gasteiger partial charge in [-0.25, -0.2) is 4.79 Å². The van der Waals surface area contributed by atoms with Gasteiger partial charge in [-0.3, -0.25) is 0 Å². The van der Waals surface area contributed by atoms with Crippen molar-refractivity contribution in [2.75, 3.05) is 13.2 Å². The SMILES string of the molecule is CCCCOC(=O)c1ccccc1O.CCO. The van der Waals surface area contributed by atoms with E-state index in [2.05, 4.69) is 0 Å². The number of unbranched alkanes of at least 4 members (excludes halogenated alkanes) is 1. The molecule has 0 unspecified atom stereocenters. The molecule has 0 heterocycles. The van der Waals surface area contributed by atoms with E-state index in [4.69, 9.17) is 9.84 Å². The highest BCUT2D eigenvalue weighted by molar-refractivity contribution is 5.92. The highest BCUT2D eigenvalue weighted by Crippen LogP contribution is 2.16. The summed E-state index contributed by atoms with van der Waals surface area (Å²) in [5.74, 6) is -0.495. The van der Waals surface area contributed by atoms with Crippen LogP contribution in [0.4, 0.5) is 0 Å². The highest BCUT2D eigenvalue weighted by atomic mass is 16.5. The van der Waals surface area contributed by atoms with Crippen molar-refractivity contribution in [2.24, 2.45) is 0 Å². The number of carbonyl (C=O) groups is 1. The Balaban J connectivity index is 0.000000770. The average Bonchev–Trinajstić information content (AvgIpc) is 2.31. The van der Waals surface area contributed by atoms with Crippen LogP contribution in [0.2, 0.25) is 0 Å². The second-order valence-corrected chi connectivity index (χ2v) is 3.32. The predicted molar refractivity (Wildman–Crippen MR) is 66.1 cm³/mol. The summed E-state index contributed by atoms with van der Waals surface area (Å²) in [5.41, 5.74) is 0.226. The number of phenolic OH excluding ortho intramolecular Hbond substituents is 1. The number of para-hydroxylation sites is 1. The van der Waals surface area contributed by atoms with Gasteiger partial charge in [0.2, 0.25) is 0 Å². The van der Waals surface area contributed by atoms with Gasteiger partial charge in [0.1, 0.15) is 11.3 Å². The van der Waals surface area contributed by atoms with Gasteiger partial charge in [-0.15, -0.1) is 0 Å². The first kappa shape index (κ1) is 15.4. The van der Waals surface area contributed by atoms with Gasteiger partial charge in [0, 0.05) is 6.61 Å². The van der Waals surface area contributed by atoms with Crippen LogP contribution in [0.5, 0.6) is 5.75 Å². The first-order valence-electron chi connectivity index (χ1n) is 5.73. The van der Waals surface area contributed by atoms with Gasteiger partial charge in [-0.2, -0.15) is 0 Å². The van der Waals surface area contributed by atoms with Gasteiger partial charge < -0.3 is 14.9 Å². The van der Waals surface area contributed by atoms with Gasteiger partial charge in [0.05, 0.1) is 6.61 Å². The Morgan fingerprint density at radius 3 is 2.41 bits per heavy atom. The zero-order chi connectivity index (χ0) is 13.1. The van der Waals surface area contributed by atoms with E-state index in [1.54, 1.807) is 25.1 Å². The number of aromatic hydroxyl groups is 1. The molecule has 4 heteroatoms. The van der Waals surface area contributed by atoms with E-state index in [-0.39, 0.29) is 17.9 Å². The number of benzene rings is 1. The lowest BCUT2D eigenvalue weighted by Crippen LogP contribution is -2.06. The molecule has 0 saturated heterocycles. The Bertz CT molecular complexity index is 323. The second-order valence-electron chi connectivity index (χ2n) is 3.32. The van der Waals surface area contributed by atoms with Crippen LogP contribution < -0.4 is 0 Å². The first-order chi connectivity index (χ1) is 8.17.